The highest BCUT2D eigenvalue weighted by Crippen LogP contribution is 2.29. The third-order valence-electron chi connectivity index (χ3n) is 2.46. The topological polar surface area (TPSA) is 77.0 Å². The Hall–Kier alpha value is -2.43. The fourth-order valence-corrected chi connectivity index (χ4v) is 1.75. The van der Waals surface area contributed by atoms with Crippen LogP contribution in [0.3, 0.4) is 0 Å². The van der Waals surface area contributed by atoms with Crippen molar-refractivity contribution in [2.75, 3.05) is 0 Å². The molecule has 0 saturated heterocycles. The molecule has 0 unspecified atom stereocenters. The fraction of sp³-hybridized carbons (Fsp3) is 0. The van der Waals surface area contributed by atoms with Crippen LogP contribution in [-0.2, 0) is 0 Å². The summed E-state index contributed by atoms with van der Waals surface area (Å²) in [6, 6.07) is 6.61. The lowest BCUT2D eigenvalue weighted by atomic mass is 10.0. The molecule has 0 radical (unpaired) electrons. The SMILES string of the molecule is O=c1cc2cccc-2c2nc(=O)c(=O)nc1-2. The highest BCUT2D eigenvalue weighted by Gasteiger charge is 2.20. The van der Waals surface area contributed by atoms with Gasteiger partial charge in [0.25, 0.3) is 0 Å². The van der Waals surface area contributed by atoms with Gasteiger partial charge in [-0.2, -0.15) is 4.98 Å². The predicted octanol–water partition coefficient (Wildman–Crippen LogP) is -0.358. The van der Waals surface area contributed by atoms with E-state index in [-0.39, 0.29) is 11.4 Å². The van der Waals surface area contributed by atoms with Crippen LogP contribution in [0, 0.1) is 0 Å². The van der Waals surface area contributed by atoms with Crippen LogP contribution in [0.2, 0.25) is 0 Å². The van der Waals surface area contributed by atoms with Gasteiger partial charge in [0.2, 0.25) is 5.43 Å². The summed E-state index contributed by atoms with van der Waals surface area (Å²) in [4.78, 5) is 40.8. The first kappa shape index (κ1) is 8.84. The fourth-order valence-electron chi connectivity index (χ4n) is 1.75. The lowest BCUT2D eigenvalue weighted by molar-refractivity contribution is 1.07. The van der Waals surface area contributed by atoms with Crippen LogP contribution < -0.4 is 16.5 Å². The quantitative estimate of drug-likeness (QED) is 0.476. The number of fused-ring (bicyclic) bond motifs is 3. The van der Waals surface area contributed by atoms with Gasteiger partial charge in [-0.3, -0.25) is 14.4 Å². The van der Waals surface area contributed by atoms with Gasteiger partial charge in [0.15, 0.2) is 0 Å². The van der Waals surface area contributed by atoms with Crippen LogP contribution in [0.25, 0.3) is 22.5 Å². The minimum atomic E-state index is -0.990. The second-order valence-corrected chi connectivity index (χ2v) is 3.43. The molecule has 0 bridgehead atoms. The average molecular weight is 212 g/mol. The first-order valence-electron chi connectivity index (χ1n) is 4.58. The Morgan fingerprint density at radius 2 is 1.56 bits per heavy atom. The number of nitrogens with zero attached hydrogens (tertiary/aromatic N) is 2. The van der Waals surface area contributed by atoms with Crippen LogP contribution in [0.4, 0.5) is 0 Å². The number of benzene rings is 1. The van der Waals surface area contributed by atoms with E-state index in [0.29, 0.717) is 11.1 Å². The van der Waals surface area contributed by atoms with Crippen molar-refractivity contribution in [3.8, 4) is 22.5 Å². The summed E-state index contributed by atoms with van der Waals surface area (Å²) >= 11 is 0. The largest absolute Gasteiger partial charge is 0.338 e. The Labute approximate surface area is 88.4 Å². The summed E-state index contributed by atoms with van der Waals surface area (Å²) in [6.45, 7) is 0. The van der Waals surface area contributed by atoms with Crippen LogP contribution in [0.5, 0.6) is 0 Å². The molecule has 2 aliphatic carbocycles. The summed E-state index contributed by atoms with van der Waals surface area (Å²) in [6.07, 6.45) is 0. The Morgan fingerprint density at radius 1 is 0.875 bits per heavy atom. The molecule has 5 heteroatoms. The van der Waals surface area contributed by atoms with E-state index in [1.807, 2.05) is 0 Å². The normalized spacial score (nSPS) is 11.2. The van der Waals surface area contributed by atoms with Gasteiger partial charge in [0.05, 0.1) is 0 Å². The standard InChI is InChI=1S/C11H4N2O3/c14-7-4-5-2-1-3-6(5)8-9(7)13-11(16)10(15)12-8/h1-4H. The van der Waals surface area contributed by atoms with Crippen molar-refractivity contribution in [1.82, 2.24) is 9.97 Å². The first-order valence-corrected chi connectivity index (χ1v) is 4.58. The van der Waals surface area contributed by atoms with E-state index in [9.17, 15) is 14.4 Å². The van der Waals surface area contributed by atoms with Gasteiger partial charge >= 0.3 is 11.1 Å². The maximum atomic E-state index is 11.6. The van der Waals surface area contributed by atoms with Crippen molar-refractivity contribution in [3.05, 3.63) is 55.2 Å². The summed E-state index contributed by atoms with van der Waals surface area (Å²) in [5.74, 6) is 0. The molecule has 3 aliphatic rings. The Morgan fingerprint density at radius 3 is 2.31 bits per heavy atom. The van der Waals surface area contributed by atoms with Crippen LogP contribution in [0.1, 0.15) is 0 Å². The van der Waals surface area contributed by atoms with E-state index in [2.05, 4.69) is 9.97 Å². The minimum Gasteiger partial charge on any atom is -0.287 e. The molecule has 0 aromatic rings. The van der Waals surface area contributed by atoms with Crippen LogP contribution in [-0.4, -0.2) is 9.97 Å². The smallest absolute Gasteiger partial charge is 0.287 e. The lowest BCUT2D eigenvalue weighted by Crippen LogP contribution is -2.33. The van der Waals surface area contributed by atoms with Gasteiger partial charge in [-0.15, -0.1) is 0 Å². The predicted molar refractivity (Wildman–Crippen MR) is 56.5 cm³/mol. The molecule has 5 nitrogen and oxygen atoms in total. The zero-order valence-corrected chi connectivity index (χ0v) is 7.93. The second kappa shape index (κ2) is 2.79. The molecule has 0 atom stereocenters. The van der Waals surface area contributed by atoms with Gasteiger partial charge in [-0.05, 0) is 11.6 Å². The molecule has 0 amide bonds. The molecule has 0 N–H and O–H groups in total. The van der Waals surface area contributed by atoms with Crippen molar-refractivity contribution in [3.63, 3.8) is 0 Å². The summed E-state index contributed by atoms with van der Waals surface area (Å²) in [7, 11) is 0. The van der Waals surface area contributed by atoms with E-state index < -0.39 is 16.5 Å². The molecule has 0 aromatic carbocycles. The average Bonchev–Trinajstić information content (AvgIpc) is 2.69. The third kappa shape index (κ3) is 1.02. The molecule has 0 spiro atoms. The van der Waals surface area contributed by atoms with Crippen molar-refractivity contribution in [1.29, 1.82) is 0 Å². The van der Waals surface area contributed by atoms with Gasteiger partial charge in [0, 0.05) is 5.56 Å². The van der Waals surface area contributed by atoms with E-state index in [1.165, 1.54) is 6.07 Å². The van der Waals surface area contributed by atoms with Gasteiger partial charge < -0.3 is 0 Å². The molecule has 0 saturated carbocycles. The van der Waals surface area contributed by atoms with E-state index >= 15 is 0 Å². The highest BCUT2D eigenvalue weighted by atomic mass is 16.2. The lowest BCUT2D eigenvalue weighted by Gasteiger charge is -2.05. The minimum absolute atomic E-state index is 0.0386. The molecular weight excluding hydrogens is 208 g/mol. The molecule has 16 heavy (non-hydrogen) atoms. The zero-order valence-electron chi connectivity index (χ0n) is 7.93. The van der Waals surface area contributed by atoms with Crippen LogP contribution in [0.15, 0.2) is 38.6 Å². The Kier molecular flexibility index (Phi) is 1.54. The van der Waals surface area contributed by atoms with Gasteiger partial charge in [-0.1, -0.05) is 18.2 Å². The maximum Gasteiger partial charge on any atom is 0.338 e. The Balaban J connectivity index is 2.64. The molecule has 1 heterocycles. The van der Waals surface area contributed by atoms with Crippen molar-refractivity contribution < 1.29 is 0 Å². The molecule has 0 aromatic heterocycles. The zero-order chi connectivity index (χ0) is 11.3. The van der Waals surface area contributed by atoms with Crippen LogP contribution >= 0.6 is 0 Å². The first-order chi connectivity index (χ1) is 7.66. The van der Waals surface area contributed by atoms with Gasteiger partial charge in [-0.25, -0.2) is 4.98 Å². The van der Waals surface area contributed by atoms with E-state index in [1.54, 1.807) is 18.2 Å². The molecule has 0 fully saturated rings. The monoisotopic (exact) mass is 212 g/mol. The molecule has 3 rings (SSSR count). The van der Waals surface area contributed by atoms with E-state index in [0.717, 1.165) is 0 Å². The maximum absolute atomic E-state index is 11.6. The molecule has 1 aliphatic heterocycles. The number of aromatic nitrogens is 2. The Bertz CT molecular complexity index is 771. The van der Waals surface area contributed by atoms with Crippen molar-refractivity contribution >= 4 is 0 Å². The highest BCUT2D eigenvalue weighted by molar-refractivity contribution is 5.82. The molecular formula is C11H4N2O3. The summed E-state index contributed by atoms with van der Waals surface area (Å²) in [5, 5.41) is 0. The third-order valence-corrected chi connectivity index (χ3v) is 2.46. The summed E-state index contributed by atoms with van der Waals surface area (Å²) < 4.78 is 0. The van der Waals surface area contributed by atoms with Crippen molar-refractivity contribution in [2.45, 2.75) is 0 Å². The van der Waals surface area contributed by atoms with Crippen molar-refractivity contribution in [2.24, 2.45) is 0 Å². The number of rotatable bonds is 0. The van der Waals surface area contributed by atoms with E-state index in [4.69, 9.17) is 0 Å². The number of hydrogen-bond donors (Lipinski definition) is 0. The summed E-state index contributed by atoms with van der Waals surface area (Å²) in [5.41, 5.74) is -0.779. The second-order valence-electron chi connectivity index (χ2n) is 3.43. The number of hydrogen-bond acceptors (Lipinski definition) is 5. The molecule has 76 valence electrons. The van der Waals surface area contributed by atoms with Gasteiger partial charge in [0.1, 0.15) is 11.4 Å².